The zero-order valence-electron chi connectivity index (χ0n) is 18.4. The lowest BCUT2D eigenvalue weighted by Crippen LogP contribution is -2.36. The Kier molecular flexibility index (Phi) is 7.32. The van der Waals surface area contributed by atoms with Gasteiger partial charge < -0.3 is 14.2 Å². The van der Waals surface area contributed by atoms with E-state index in [0.29, 0.717) is 11.4 Å². The van der Waals surface area contributed by atoms with Crippen molar-refractivity contribution >= 4 is 50.8 Å². The standard InChI is InChI=1S/C24H27N3O3S2/c1-3-26-20-12-11-18(30-4-2)14-21(20)32-24(26)25-22(28)15-31-16-23(29)27-13-7-9-17-8-5-6-10-19(17)27/h5-6,8,10-12,14H,3-4,7,9,13,15-16H2,1-2H3. The van der Waals surface area contributed by atoms with E-state index in [1.54, 1.807) is 0 Å². The van der Waals surface area contributed by atoms with E-state index in [0.717, 1.165) is 47.6 Å². The number of nitrogens with zero attached hydrogens (tertiary/aromatic N) is 3. The van der Waals surface area contributed by atoms with Crippen LogP contribution in [-0.4, -0.2) is 41.0 Å². The number of hydrogen-bond acceptors (Lipinski definition) is 5. The van der Waals surface area contributed by atoms with Gasteiger partial charge in [0.15, 0.2) is 4.80 Å². The Balaban J connectivity index is 1.42. The number of thioether (sulfide) groups is 1. The molecule has 0 spiro atoms. The fourth-order valence-corrected chi connectivity index (χ4v) is 5.75. The first kappa shape index (κ1) is 22.6. The molecule has 0 bridgehead atoms. The molecule has 0 saturated heterocycles. The molecular formula is C24H27N3O3S2. The molecule has 1 aromatic heterocycles. The number of anilines is 1. The predicted molar refractivity (Wildman–Crippen MR) is 132 cm³/mol. The normalized spacial score (nSPS) is 13.9. The van der Waals surface area contributed by atoms with Crippen LogP contribution in [0.2, 0.25) is 0 Å². The molecule has 2 heterocycles. The largest absolute Gasteiger partial charge is 0.494 e. The molecule has 1 aliphatic heterocycles. The minimum Gasteiger partial charge on any atom is -0.494 e. The topological polar surface area (TPSA) is 63.9 Å². The van der Waals surface area contributed by atoms with E-state index >= 15 is 0 Å². The van der Waals surface area contributed by atoms with Crippen molar-refractivity contribution in [3.8, 4) is 5.75 Å². The molecule has 8 heteroatoms. The molecule has 0 atom stereocenters. The van der Waals surface area contributed by atoms with Crippen LogP contribution in [0.4, 0.5) is 5.69 Å². The molecule has 2 amide bonds. The smallest absolute Gasteiger partial charge is 0.258 e. The number of rotatable bonds is 7. The highest BCUT2D eigenvalue weighted by molar-refractivity contribution is 8.00. The number of para-hydroxylation sites is 1. The molecule has 6 nitrogen and oxygen atoms in total. The Morgan fingerprint density at radius 2 is 2.00 bits per heavy atom. The van der Waals surface area contributed by atoms with E-state index in [9.17, 15) is 9.59 Å². The van der Waals surface area contributed by atoms with Gasteiger partial charge in [0.2, 0.25) is 5.91 Å². The van der Waals surface area contributed by atoms with Crippen LogP contribution >= 0.6 is 23.1 Å². The second kappa shape index (κ2) is 10.4. The van der Waals surface area contributed by atoms with Crippen LogP contribution in [0.3, 0.4) is 0 Å². The number of amides is 2. The Bertz CT molecular complexity index is 1200. The van der Waals surface area contributed by atoms with Crippen LogP contribution in [-0.2, 0) is 22.6 Å². The Labute approximate surface area is 195 Å². The van der Waals surface area contributed by atoms with E-state index in [1.165, 1.54) is 28.7 Å². The third kappa shape index (κ3) is 4.91. The van der Waals surface area contributed by atoms with Crippen molar-refractivity contribution in [1.29, 1.82) is 0 Å². The molecular weight excluding hydrogens is 442 g/mol. The highest BCUT2D eigenvalue weighted by Gasteiger charge is 2.22. The van der Waals surface area contributed by atoms with Crippen LogP contribution in [0.25, 0.3) is 10.2 Å². The van der Waals surface area contributed by atoms with Crippen molar-refractivity contribution in [1.82, 2.24) is 4.57 Å². The van der Waals surface area contributed by atoms with Gasteiger partial charge in [-0.15, -0.1) is 11.8 Å². The number of hydrogen-bond donors (Lipinski definition) is 0. The number of thiazole rings is 1. The number of carbonyl (C=O) groups is 2. The summed E-state index contributed by atoms with van der Waals surface area (Å²) in [5.41, 5.74) is 3.25. The van der Waals surface area contributed by atoms with Gasteiger partial charge in [-0.2, -0.15) is 4.99 Å². The van der Waals surface area contributed by atoms with Crippen LogP contribution in [0.5, 0.6) is 5.75 Å². The Morgan fingerprint density at radius 1 is 1.16 bits per heavy atom. The molecule has 32 heavy (non-hydrogen) atoms. The van der Waals surface area contributed by atoms with Gasteiger partial charge in [0.1, 0.15) is 5.75 Å². The predicted octanol–water partition coefficient (Wildman–Crippen LogP) is 4.26. The average molecular weight is 470 g/mol. The van der Waals surface area contributed by atoms with E-state index < -0.39 is 0 Å². The number of carbonyl (C=O) groups excluding carboxylic acids is 2. The van der Waals surface area contributed by atoms with Gasteiger partial charge in [-0.3, -0.25) is 9.59 Å². The van der Waals surface area contributed by atoms with Crippen molar-refractivity contribution in [3.63, 3.8) is 0 Å². The van der Waals surface area contributed by atoms with Crippen LogP contribution in [0.1, 0.15) is 25.8 Å². The summed E-state index contributed by atoms with van der Waals surface area (Å²) in [7, 11) is 0. The second-order valence-electron chi connectivity index (χ2n) is 7.47. The summed E-state index contributed by atoms with van der Waals surface area (Å²) < 4.78 is 8.66. The van der Waals surface area contributed by atoms with Crippen molar-refractivity contribution in [2.75, 3.05) is 29.6 Å². The van der Waals surface area contributed by atoms with Gasteiger partial charge in [-0.25, -0.2) is 0 Å². The van der Waals surface area contributed by atoms with Gasteiger partial charge in [0, 0.05) is 18.8 Å². The van der Waals surface area contributed by atoms with Crippen molar-refractivity contribution in [3.05, 3.63) is 52.8 Å². The molecule has 0 saturated carbocycles. The maximum Gasteiger partial charge on any atom is 0.258 e. The first-order valence-corrected chi connectivity index (χ1v) is 12.9. The monoisotopic (exact) mass is 469 g/mol. The zero-order valence-corrected chi connectivity index (χ0v) is 20.0. The van der Waals surface area contributed by atoms with Crippen LogP contribution in [0.15, 0.2) is 47.5 Å². The Morgan fingerprint density at radius 3 is 2.81 bits per heavy atom. The molecule has 1 aliphatic rings. The summed E-state index contributed by atoms with van der Waals surface area (Å²) in [5, 5.41) is 0. The third-order valence-corrected chi connectivity index (χ3v) is 7.31. The minimum absolute atomic E-state index is 0.0453. The molecule has 0 aliphatic carbocycles. The fraction of sp³-hybridized carbons (Fsp3) is 0.375. The third-order valence-electron chi connectivity index (χ3n) is 5.36. The van der Waals surface area contributed by atoms with E-state index in [4.69, 9.17) is 4.74 Å². The van der Waals surface area contributed by atoms with Crippen molar-refractivity contribution in [2.45, 2.75) is 33.2 Å². The van der Waals surface area contributed by atoms with E-state index in [-0.39, 0.29) is 23.3 Å². The maximum absolute atomic E-state index is 12.8. The minimum atomic E-state index is -0.222. The SMILES string of the molecule is CCOc1ccc2c(c1)sc(=NC(=O)CSCC(=O)N1CCCc3ccccc31)n2CC. The number of aromatic nitrogens is 1. The number of benzene rings is 2. The fourth-order valence-electron chi connectivity index (χ4n) is 3.94. The quantitative estimate of drug-likeness (QED) is 0.519. The molecule has 4 rings (SSSR count). The first-order valence-electron chi connectivity index (χ1n) is 10.9. The summed E-state index contributed by atoms with van der Waals surface area (Å²) in [4.78, 5) is 32.2. The molecule has 168 valence electrons. The lowest BCUT2D eigenvalue weighted by molar-refractivity contribution is -0.116. The Hall–Kier alpha value is -2.58. The first-order chi connectivity index (χ1) is 15.6. The van der Waals surface area contributed by atoms with Gasteiger partial charge in [-0.05, 0) is 56.5 Å². The summed E-state index contributed by atoms with van der Waals surface area (Å²) in [6, 6.07) is 14.0. The summed E-state index contributed by atoms with van der Waals surface area (Å²) in [6.45, 7) is 6.06. The number of aryl methyl sites for hydroxylation is 2. The van der Waals surface area contributed by atoms with Crippen LogP contribution in [0, 0.1) is 0 Å². The van der Waals surface area contributed by atoms with Crippen LogP contribution < -0.4 is 14.4 Å². The molecule has 0 unspecified atom stereocenters. The lowest BCUT2D eigenvalue weighted by Gasteiger charge is -2.29. The molecule has 0 fully saturated rings. The maximum atomic E-state index is 12.8. The van der Waals surface area contributed by atoms with E-state index in [2.05, 4.69) is 11.1 Å². The molecule has 3 aromatic rings. The van der Waals surface area contributed by atoms with E-state index in [1.807, 2.05) is 59.7 Å². The average Bonchev–Trinajstić information content (AvgIpc) is 3.14. The van der Waals surface area contributed by atoms with Gasteiger partial charge in [-0.1, -0.05) is 29.5 Å². The van der Waals surface area contributed by atoms with Gasteiger partial charge in [0.25, 0.3) is 5.91 Å². The highest BCUT2D eigenvalue weighted by atomic mass is 32.2. The number of ether oxygens (including phenoxy) is 1. The summed E-state index contributed by atoms with van der Waals surface area (Å²) in [6.07, 6.45) is 1.97. The molecule has 0 radical (unpaired) electrons. The van der Waals surface area contributed by atoms with Gasteiger partial charge in [0.05, 0.1) is 28.3 Å². The van der Waals surface area contributed by atoms with Crippen molar-refractivity contribution < 1.29 is 14.3 Å². The summed E-state index contributed by atoms with van der Waals surface area (Å²) >= 11 is 2.81. The zero-order chi connectivity index (χ0) is 22.5. The number of fused-ring (bicyclic) bond motifs is 2. The van der Waals surface area contributed by atoms with Gasteiger partial charge >= 0.3 is 0 Å². The lowest BCUT2D eigenvalue weighted by atomic mass is 10.0. The summed E-state index contributed by atoms with van der Waals surface area (Å²) in [5.74, 6) is 1.09. The molecule has 2 aromatic carbocycles. The van der Waals surface area contributed by atoms with Crippen molar-refractivity contribution in [2.24, 2.45) is 4.99 Å². The molecule has 0 N–H and O–H groups in total. The highest BCUT2D eigenvalue weighted by Crippen LogP contribution is 2.27. The second-order valence-corrected chi connectivity index (χ2v) is 9.46.